The van der Waals surface area contributed by atoms with Gasteiger partial charge in [-0.2, -0.15) is 0 Å². The lowest BCUT2D eigenvalue weighted by Crippen LogP contribution is -2.44. The molecule has 0 N–H and O–H groups in total. The number of aromatic nitrogens is 2. The van der Waals surface area contributed by atoms with Crippen molar-refractivity contribution in [3.05, 3.63) is 21.6 Å². The van der Waals surface area contributed by atoms with Crippen LogP contribution in [0, 0.1) is 10.1 Å². The van der Waals surface area contributed by atoms with E-state index in [1.54, 1.807) is 0 Å². The van der Waals surface area contributed by atoms with Crippen LogP contribution in [0.4, 0.5) is 5.82 Å². The van der Waals surface area contributed by atoms with Crippen molar-refractivity contribution in [1.29, 1.82) is 0 Å². The molecule has 154 valence electrons. The fraction of sp³-hybridized carbons (Fsp3) is 0.824. The van der Waals surface area contributed by atoms with Gasteiger partial charge in [0.15, 0.2) is 14.6 Å². The Morgan fingerprint density at radius 3 is 2.70 bits per heavy atom. The van der Waals surface area contributed by atoms with Crippen LogP contribution in [0.3, 0.4) is 0 Å². The first kappa shape index (κ1) is 22.3. The molecule has 1 fully saturated rings. The molecular formula is C17H30ClN3O5Si. The lowest BCUT2D eigenvalue weighted by atomic mass is 10.2. The quantitative estimate of drug-likeness (QED) is 0.353. The lowest BCUT2D eigenvalue weighted by Gasteiger charge is -2.37. The Bertz CT molecular complexity index is 641. The molecule has 0 spiro atoms. The monoisotopic (exact) mass is 419 g/mol. The summed E-state index contributed by atoms with van der Waals surface area (Å²) in [5, 5.41) is 11.1. The van der Waals surface area contributed by atoms with Crippen LogP contribution in [-0.2, 0) is 20.4 Å². The lowest BCUT2D eigenvalue weighted by molar-refractivity contribution is -0.389. The van der Waals surface area contributed by atoms with Gasteiger partial charge in [0.05, 0.1) is 13.2 Å². The Balaban J connectivity index is 2.10. The number of imidazole rings is 1. The second kappa shape index (κ2) is 9.00. The second-order valence-electron chi connectivity index (χ2n) is 8.40. The number of hydrogen-bond donors (Lipinski definition) is 0. The maximum absolute atomic E-state index is 10.9. The zero-order valence-electron chi connectivity index (χ0n) is 16.7. The normalized spacial score (nSPS) is 19.9. The van der Waals surface area contributed by atoms with Crippen molar-refractivity contribution in [2.75, 3.05) is 13.2 Å². The Morgan fingerprint density at radius 2 is 2.19 bits per heavy atom. The summed E-state index contributed by atoms with van der Waals surface area (Å²) >= 11 is 6.07. The average Bonchev–Trinajstić information content (AvgIpc) is 2.94. The molecule has 1 aliphatic rings. The number of halogens is 1. The van der Waals surface area contributed by atoms with E-state index in [-0.39, 0.29) is 28.5 Å². The first-order chi connectivity index (χ1) is 12.5. The molecule has 0 aromatic carbocycles. The summed E-state index contributed by atoms with van der Waals surface area (Å²) in [4.78, 5) is 14.1. The van der Waals surface area contributed by atoms with Crippen molar-refractivity contribution in [2.45, 2.75) is 77.1 Å². The van der Waals surface area contributed by atoms with Gasteiger partial charge in [-0.3, -0.25) is 4.57 Å². The molecule has 1 aliphatic heterocycles. The standard InChI is InChI=1S/C17H30ClN3O5Si/c1-17(2,3)27(4,5)25-12-13(26-15-8-6-7-9-24-15)10-20-11-14(21(22)23)19-16(20)18/h11,13,15H,6-10,12H2,1-5H3/t13?,15-/m0/s1. The van der Waals surface area contributed by atoms with Gasteiger partial charge in [0.2, 0.25) is 0 Å². The topological polar surface area (TPSA) is 88.7 Å². The summed E-state index contributed by atoms with van der Waals surface area (Å²) in [6.45, 7) is 12.2. The SMILES string of the molecule is CC(C)(C)[Si](C)(C)OCC(Cn1cc([N+](=O)[O-])nc1Cl)O[C@H]1CCCCO1. The molecule has 2 heterocycles. The number of ether oxygens (including phenoxy) is 2. The summed E-state index contributed by atoms with van der Waals surface area (Å²) < 4.78 is 19.7. The van der Waals surface area contributed by atoms with E-state index < -0.39 is 13.2 Å². The number of rotatable bonds is 8. The Hall–Kier alpha value is -1.00. The molecule has 2 rings (SSSR count). The van der Waals surface area contributed by atoms with E-state index >= 15 is 0 Å². The summed E-state index contributed by atoms with van der Waals surface area (Å²) in [5.41, 5.74) is 0. The van der Waals surface area contributed by atoms with Gasteiger partial charge in [-0.25, -0.2) is 0 Å². The molecule has 1 unspecified atom stereocenters. The molecule has 0 radical (unpaired) electrons. The van der Waals surface area contributed by atoms with Crippen molar-refractivity contribution in [3.63, 3.8) is 0 Å². The van der Waals surface area contributed by atoms with E-state index in [0.29, 0.717) is 19.8 Å². The molecule has 27 heavy (non-hydrogen) atoms. The van der Waals surface area contributed by atoms with E-state index in [9.17, 15) is 10.1 Å². The Labute approximate surface area is 166 Å². The molecule has 0 saturated carbocycles. The number of nitrogens with zero attached hydrogens (tertiary/aromatic N) is 3. The third-order valence-corrected chi connectivity index (χ3v) is 10.0. The number of hydrogen-bond acceptors (Lipinski definition) is 6. The highest BCUT2D eigenvalue weighted by Gasteiger charge is 2.38. The van der Waals surface area contributed by atoms with Crippen LogP contribution in [0.1, 0.15) is 40.0 Å². The number of nitro groups is 1. The first-order valence-corrected chi connectivity index (χ1v) is 12.6. The molecule has 2 atom stereocenters. The summed E-state index contributed by atoms with van der Waals surface area (Å²) in [6, 6.07) is 0. The summed E-state index contributed by atoms with van der Waals surface area (Å²) in [7, 11) is -1.96. The van der Waals surface area contributed by atoms with Crippen molar-refractivity contribution in [2.24, 2.45) is 0 Å². The molecule has 1 saturated heterocycles. The smallest absolute Gasteiger partial charge is 0.383 e. The summed E-state index contributed by atoms with van der Waals surface area (Å²) in [6.07, 6.45) is 3.61. The molecule has 8 nitrogen and oxygen atoms in total. The maximum atomic E-state index is 10.9. The summed E-state index contributed by atoms with van der Waals surface area (Å²) in [5.74, 6) is -0.280. The Kier molecular flexibility index (Phi) is 7.43. The minimum Gasteiger partial charge on any atom is -0.414 e. The van der Waals surface area contributed by atoms with Crippen molar-refractivity contribution < 1.29 is 18.8 Å². The van der Waals surface area contributed by atoms with Gasteiger partial charge < -0.3 is 24.0 Å². The predicted octanol–water partition coefficient (Wildman–Crippen LogP) is 4.38. The molecule has 1 aromatic heterocycles. The maximum Gasteiger partial charge on any atom is 0.383 e. The fourth-order valence-corrected chi connectivity index (χ4v) is 3.74. The van der Waals surface area contributed by atoms with Gasteiger partial charge in [0.25, 0.3) is 0 Å². The highest BCUT2D eigenvalue weighted by molar-refractivity contribution is 6.74. The Morgan fingerprint density at radius 1 is 1.48 bits per heavy atom. The zero-order valence-corrected chi connectivity index (χ0v) is 18.5. The largest absolute Gasteiger partial charge is 0.414 e. The van der Waals surface area contributed by atoms with Gasteiger partial charge in [-0.05, 0) is 58.9 Å². The van der Waals surface area contributed by atoms with E-state index in [0.717, 1.165) is 19.3 Å². The van der Waals surface area contributed by atoms with E-state index in [4.69, 9.17) is 25.5 Å². The third kappa shape index (κ3) is 6.25. The van der Waals surface area contributed by atoms with Crippen LogP contribution >= 0.6 is 11.6 Å². The molecule has 0 amide bonds. The molecule has 0 aliphatic carbocycles. The third-order valence-electron chi connectivity index (χ3n) is 5.22. The van der Waals surface area contributed by atoms with Gasteiger partial charge in [0.1, 0.15) is 12.3 Å². The van der Waals surface area contributed by atoms with Crippen LogP contribution in [0.25, 0.3) is 0 Å². The van der Waals surface area contributed by atoms with Crippen LogP contribution in [0.2, 0.25) is 23.4 Å². The molecule has 1 aromatic rings. The molecule has 10 heteroatoms. The van der Waals surface area contributed by atoms with Crippen molar-refractivity contribution >= 4 is 25.7 Å². The predicted molar refractivity (Wildman–Crippen MR) is 106 cm³/mol. The van der Waals surface area contributed by atoms with E-state index in [2.05, 4.69) is 38.8 Å². The van der Waals surface area contributed by atoms with Crippen LogP contribution in [-0.4, -0.2) is 48.4 Å². The molecular weight excluding hydrogens is 390 g/mol. The molecule has 0 bridgehead atoms. The minimum absolute atomic E-state index is 0.0622. The van der Waals surface area contributed by atoms with E-state index in [1.165, 1.54) is 10.8 Å². The average molecular weight is 420 g/mol. The highest BCUT2D eigenvalue weighted by Crippen LogP contribution is 2.36. The highest BCUT2D eigenvalue weighted by atomic mass is 35.5. The van der Waals surface area contributed by atoms with Gasteiger partial charge in [-0.1, -0.05) is 20.8 Å². The fourth-order valence-electron chi connectivity index (χ4n) is 2.50. The van der Waals surface area contributed by atoms with E-state index in [1.807, 2.05) is 0 Å². The van der Waals surface area contributed by atoms with Crippen molar-refractivity contribution in [1.82, 2.24) is 9.55 Å². The van der Waals surface area contributed by atoms with Crippen LogP contribution in [0.15, 0.2) is 6.20 Å². The van der Waals surface area contributed by atoms with Gasteiger partial charge >= 0.3 is 11.1 Å². The van der Waals surface area contributed by atoms with Crippen LogP contribution < -0.4 is 0 Å². The van der Waals surface area contributed by atoms with Gasteiger partial charge in [-0.15, -0.1) is 0 Å². The van der Waals surface area contributed by atoms with Gasteiger partial charge in [0, 0.05) is 6.61 Å². The minimum atomic E-state index is -1.96. The second-order valence-corrected chi connectivity index (χ2v) is 13.6. The zero-order chi connectivity index (χ0) is 20.2. The first-order valence-electron chi connectivity index (χ1n) is 9.27. The van der Waals surface area contributed by atoms with Crippen LogP contribution in [0.5, 0.6) is 0 Å². The van der Waals surface area contributed by atoms with Crippen molar-refractivity contribution in [3.8, 4) is 0 Å².